The lowest BCUT2D eigenvalue weighted by atomic mass is 9.70. The number of carbonyl (C=O) groups excluding carboxylic acids is 1. The Hall–Kier alpha value is -0.790. The van der Waals surface area contributed by atoms with E-state index in [9.17, 15) is 4.79 Å². The molecule has 0 aromatic rings. The fourth-order valence-corrected chi connectivity index (χ4v) is 4.12. The first kappa shape index (κ1) is 8.51. The molecule has 3 aliphatic carbocycles. The summed E-state index contributed by atoms with van der Waals surface area (Å²) < 4.78 is 5.28. The van der Waals surface area contributed by atoms with E-state index in [4.69, 9.17) is 4.74 Å². The van der Waals surface area contributed by atoms with E-state index in [1.165, 1.54) is 19.3 Å². The average molecular weight is 192 g/mol. The Morgan fingerprint density at radius 1 is 1.43 bits per heavy atom. The van der Waals surface area contributed by atoms with E-state index >= 15 is 0 Å². The first-order valence-electron chi connectivity index (χ1n) is 5.61. The third-order valence-corrected chi connectivity index (χ3v) is 4.72. The molecule has 0 aliphatic heterocycles. The molecule has 2 nitrogen and oxygen atoms in total. The fraction of sp³-hybridized carbons (Fsp3) is 0.750. The van der Waals surface area contributed by atoms with Crippen LogP contribution in [0, 0.1) is 17.3 Å². The first-order valence-corrected chi connectivity index (χ1v) is 5.61. The van der Waals surface area contributed by atoms with Gasteiger partial charge in [0.15, 0.2) is 0 Å². The van der Waals surface area contributed by atoms with Crippen molar-refractivity contribution in [1.29, 1.82) is 0 Å². The Bertz CT molecular complexity index is 284. The van der Waals surface area contributed by atoms with Gasteiger partial charge in [-0.05, 0) is 43.9 Å². The van der Waals surface area contributed by atoms with Crippen LogP contribution in [0.1, 0.15) is 32.1 Å². The maximum absolute atomic E-state index is 10.5. The summed E-state index contributed by atoms with van der Waals surface area (Å²) in [6.45, 7) is 0.648. The number of ether oxygens (including phenoxy) is 1. The largest absolute Gasteiger partial charge is 0.464 e. The summed E-state index contributed by atoms with van der Waals surface area (Å²) in [5.74, 6) is 1.63. The van der Waals surface area contributed by atoms with Gasteiger partial charge >= 0.3 is 0 Å². The van der Waals surface area contributed by atoms with Crippen molar-refractivity contribution in [3.8, 4) is 0 Å². The van der Waals surface area contributed by atoms with E-state index in [1.807, 2.05) is 0 Å². The second-order valence-electron chi connectivity index (χ2n) is 5.01. The highest BCUT2D eigenvalue weighted by molar-refractivity contribution is 5.38. The van der Waals surface area contributed by atoms with Gasteiger partial charge in [0.05, 0.1) is 0 Å². The molecule has 2 bridgehead atoms. The maximum Gasteiger partial charge on any atom is 0.293 e. The highest BCUT2D eigenvalue weighted by Gasteiger charge is 2.59. The predicted octanol–water partition coefficient (Wildman–Crippen LogP) is 2.29. The summed E-state index contributed by atoms with van der Waals surface area (Å²) in [4.78, 5) is 10.5. The average Bonchev–Trinajstić information content (AvgIpc) is 2.72. The minimum atomic E-state index is 0.216. The highest BCUT2D eigenvalue weighted by Crippen LogP contribution is 2.63. The van der Waals surface area contributed by atoms with Gasteiger partial charge in [0.1, 0.15) is 6.10 Å². The topological polar surface area (TPSA) is 26.3 Å². The van der Waals surface area contributed by atoms with Crippen molar-refractivity contribution in [2.75, 3.05) is 0 Å². The van der Waals surface area contributed by atoms with Crippen molar-refractivity contribution in [3.63, 3.8) is 0 Å². The van der Waals surface area contributed by atoms with Gasteiger partial charge in [-0.1, -0.05) is 12.2 Å². The standard InChI is InChI=1S/C12H16O2/c13-8-14-11-7-9-4-6-12(11)5-2-1-3-10(9)12/h1-2,8-11H,3-7H2/t9-,10+,11-,12+/m0/s1. The normalized spacial score (nSPS) is 49.0. The van der Waals surface area contributed by atoms with Crippen LogP contribution in [0.3, 0.4) is 0 Å². The van der Waals surface area contributed by atoms with Crippen LogP contribution in [0.2, 0.25) is 0 Å². The quantitative estimate of drug-likeness (QED) is 0.495. The van der Waals surface area contributed by atoms with E-state index in [1.54, 1.807) is 0 Å². The molecule has 2 fully saturated rings. The smallest absolute Gasteiger partial charge is 0.293 e. The van der Waals surface area contributed by atoms with Crippen molar-refractivity contribution >= 4 is 6.47 Å². The van der Waals surface area contributed by atoms with Crippen LogP contribution in [0.25, 0.3) is 0 Å². The van der Waals surface area contributed by atoms with Crippen molar-refractivity contribution in [3.05, 3.63) is 12.2 Å². The molecule has 0 heterocycles. The van der Waals surface area contributed by atoms with E-state index in [0.29, 0.717) is 11.9 Å². The van der Waals surface area contributed by atoms with Crippen LogP contribution in [0.4, 0.5) is 0 Å². The molecule has 4 atom stereocenters. The molecule has 76 valence electrons. The molecule has 2 heteroatoms. The lowest BCUT2D eigenvalue weighted by Crippen LogP contribution is -2.36. The molecule has 0 aromatic heterocycles. The summed E-state index contributed by atoms with van der Waals surface area (Å²) in [5.41, 5.74) is 0.334. The number of hydrogen-bond donors (Lipinski definition) is 0. The van der Waals surface area contributed by atoms with Crippen molar-refractivity contribution in [2.45, 2.75) is 38.2 Å². The molecule has 3 aliphatic rings. The SMILES string of the molecule is O=CO[C@H]1C[C@@H]2CC[C@@]13CC=CC[C@H]23. The zero-order chi connectivity index (χ0) is 9.60. The van der Waals surface area contributed by atoms with Crippen molar-refractivity contribution in [2.24, 2.45) is 17.3 Å². The molecule has 0 spiro atoms. The van der Waals surface area contributed by atoms with Crippen LogP contribution < -0.4 is 0 Å². The molecule has 14 heavy (non-hydrogen) atoms. The Morgan fingerprint density at radius 3 is 3.21 bits per heavy atom. The first-order chi connectivity index (χ1) is 6.87. The maximum atomic E-state index is 10.5. The Labute approximate surface area is 84.3 Å². The Morgan fingerprint density at radius 2 is 2.36 bits per heavy atom. The van der Waals surface area contributed by atoms with Gasteiger partial charge in [-0.25, -0.2) is 0 Å². The lowest BCUT2D eigenvalue weighted by Gasteiger charge is -2.37. The van der Waals surface area contributed by atoms with E-state index in [-0.39, 0.29) is 6.10 Å². The van der Waals surface area contributed by atoms with Gasteiger partial charge in [0, 0.05) is 5.41 Å². The molecule has 0 aromatic carbocycles. The van der Waals surface area contributed by atoms with E-state index in [2.05, 4.69) is 12.2 Å². The molecule has 3 rings (SSSR count). The molecule has 0 saturated heterocycles. The molecule has 0 amide bonds. The van der Waals surface area contributed by atoms with Crippen LogP contribution in [0.15, 0.2) is 12.2 Å². The Balaban J connectivity index is 1.93. The summed E-state index contributed by atoms with van der Waals surface area (Å²) in [6, 6.07) is 0. The summed E-state index contributed by atoms with van der Waals surface area (Å²) >= 11 is 0. The second kappa shape index (κ2) is 2.85. The third-order valence-electron chi connectivity index (χ3n) is 4.72. The molecular weight excluding hydrogens is 176 g/mol. The monoisotopic (exact) mass is 192 g/mol. The molecule has 0 N–H and O–H groups in total. The predicted molar refractivity (Wildman–Crippen MR) is 52.6 cm³/mol. The minimum absolute atomic E-state index is 0.216. The van der Waals surface area contributed by atoms with Gasteiger partial charge in [0.25, 0.3) is 6.47 Å². The lowest BCUT2D eigenvalue weighted by molar-refractivity contribution is -0.140. The van der Waals surface area contributed by atoms with Crippen molar-refractivity contribution in [1.82, 2.24) is 0 Å². The second-order valence-corrected chi connectivity index (χ2v) is 5.01. The van der Waals surface area contributed by atoms with Crippen LogP contribution >= 0.6 is 0 Å². The summed E-state index contributed by atoms with van der Waals surface area (Å²) in [7, 11) is 0. The number of carbonyl (C=O) groups is 1. The molecule has 0 unspecified atom stereocenters. The molecular formula is C12H16O2. The van der Waals surface area contributed by atoms with E-state index < -0.39 is 0 Å². The summed E-state index contributed by atoms with van der Waals surface area (Å²) in [6.07, 6.45) is 10.9. The van der Waals surface area contributed by atoms with Gasteiger partial charge in [-0.3, -0.25) is 4.79 Å². The van der Waals surface area contributed by atoms with Gasteiger partial charge in [0.2, 0.25) is 0 Å². The zero-order valence-electron chi connectivity index (χ0n) is 8.32. The van der Waals surface area contributed by atoms with Gasteiger partial charge in [-0.15, -0.1) is 0 Å². The van der Waals surface area contributed by atoms with Gasteiger partial charge in [-0.2, -0.15) is 0 Å². The van der Waals surface area contributed by atoms with E-state index in [0.717, 1.165) is 24.7 Å². The zero-order valence-corrected chi connectivity index (χ0v) is 8.32. The minimum Gasteiger partial charge on any atom is -0.464 e. The number of allylic oxidation sites excluding steroid dienone is 2. The number of hydrogen-bond acceptors (Lipinski definition) is 2. The Kier molecular flexibility index (Phi) is 1.73. The van der Waals surface area contributed by atoms with Crippen LogP contribution in [0.5, 0.6) is 0 Å². The van der Waals surface area contributed by atoms with Gasteiger partial charge < -0.3 is 4.74 Å². The fourth-order valence-electron chi connectivity index (χ4n) is 4.12. The highest BCUT2D eigenvalue weighted by atomic mass is 16.5. The molecule has 0 radical (unpaired) electrons. The number of rotatable bonds is 2. The van der Waals surface area contributed by atoms with Crippen molar-refractivity contribution < 1.29 is 9.53 Å². The van der Waals surface area contributed by atoms with Crippen LogP contribution in [-0.4, -0.2) is 12.6 Å². The molecule has 2 saturated carbocycles. The third kappa shape index (κ3) is 0.891. The van der Waals surface area contributed by atoms with Crippen LogP contribution in [-0.2, 0) is 9.53 Å². The summed E-state index contributed by atoms with van der Waals surface area (Å²) in [5, 5.41) is 0.